The normalized spacial score (nSPS) is 13.2. The van der Waals surface area contributed by atoms with E-state index in [1.54, 1.807) is 0 Å². The van der Waals surface area contributed by atoms with Crippen LogP contribution in [-0.2, 0) is 12.0 Å². The molecule has 0 aromatic heterocycles. The van der Waals surface area contributed by atoms with Crippen molar-refractivity contribution in [3.63, 3.8) is 0 Å². The van der Waals surface area contributed by atoms with Crippen molar-refractivity contribution in [2.45, 2.75) is 25.9 Å². The van der Waals surface area contributed by atoms with Gasteiger partial charge < -0.3 is 14.7 Å². The summed E-state index contributed by atoms with van der Waals surface area (Å²) in [7, 11) is 0. The molecule has 0 saturated heterocycles. The lowest BCUT2D eigenvalue weighted by Gasteiger charge is -2.30. The maximum Gasteiger partial charge on any atom is 0.119 e. The summed E-state index contributed by atoms with van der Waals surface area (Å²) in [4.78, 5) is 2.34. The van der Waals surface area contributed by atoms with E-state index < -0.39 is 5.60 Å². The molecular formula is C26H31NO2. The number of nitrogens with zero attached hydrogens (tertiary/aromatic N) is 1. The third-order valence-electron chi connectivity index (χ3n) is 5.46. The van der Waals surface area contributed by atoms with Crippen LogP contribution in [0.5, 0.6) is 5.75 Å². The van der Waals surface area contributed by atoms with Crippen molar-refractivity contribution in [2.75, 3.05) is 26.2 Å². The standard InChI is InChI=1S/C26H31NO2/c1-3-27(4-2)19-20-29-25-17-15-24(16-18-25)26(28,23-13-9-6-10-14-23)21-22-11-7-5-8-12-22/h5-18,28H,3-4,19-21H2,1-2H3/t26-/m0/s1. The Morgan fingerprint density at radius 2 is 1.31 bits per heavy atom. The van der Waals surface area contributed by atoms with Gasteiger partial charge in [-0.15, -0.1) is 0 Å². The minimum atomic E-state index is -1.09. The van der Waals surface area contributed by atoms with E-state index in [9.17, 15) is 5.11 Å². The molecule has 0 saturated carbocycles. The lowest BCUT2D eigenvalue weighted by atomic mass is 9.81. The predicted octanol–water partition coefficient (Wildman–Crippen LogP) is 4.89. The van der Waals surface area contributed by atoms with Crippen LogP contribution in [0.25, 0.3) is 0 Å². The molecule has 0 bridgehead atoms. The van der Waals surface area contributed by atoms with Gasteiger partial charge in [0, 0.05) is 13.0 Å². The Labute approximate surface area is 174 Å². The molecule has 152 valence electrons. The Hall–Kier alpha value is -2.62. The van der Waals surface area contributed by atoms with E-state index in [1.807, 2.05) is 72.8 Å². The Balaban J connectivity index is 1.79. The maximum atomic E-state index is 11.8. The zero-order chi connectivity index (χ0) is 20.5. The molecule has 0 aliphatic carbocycles. The molecule has 3 rings (SSSR count). The van der Waals surface area contributed by atoms with Gasteiger partial charge in [-0.05, 0) is 41.9 Å². The number of benzene rings is 3. The smallest absolute Gasteiger partial charge is 0.119 e. The highest BCUT2D eigenvalue weighted by atomic mass is 16.5. The molecule has 29 heavy (non-hydrogen) atoms. The van der Waals surface area contributed by atoms with Gasteiger partial charge in [-0.1, -0.05) is 86.6 Å². The third kappa shape index (κ3) is 5.47. The molecule has 3 aromatic rings. The minimum Gasteiger partial charge on any atom is -0.492 e. The van der Waals surface area contributed by atoms with Crippen LogP contribution in [0.1, 0.15) is 30.5 Å². The molecule has 0 aliphatic heterocycles. The van der Waals surface area contributed by atoms with E-state index >= 15 is 0 Å². The molecule has 0 radical (unpaired) electrons. The van der Waals surface area contributed by atoms with Crippen molar-refractivity contribution >= 4 is 0 Å². The Morgan fingerprint density at radius 1 is 0.759 bits per heavy atom. The van der Waals surface area contributed by atoms with Crippen molar-refractivity contribution in [1.82, 2.24) is 4.90 Å². The SMILES string of the molecule is CCN(CC)CCOc1ccc([C@](O)(Cc2ccccc2)c2ccccc2)cc1. The third-order valence-corrected chi connectivity index (χ3v) is 5.46. The number of hydrogen-bond donors (Lipinski definition) is 1. The van der Waals surface area contributed by atoms with Gasteiger partial charge in [0.25, 0.3) is 0 Å². The fraction of sp³-hybridized carbons (Fsp3) is 0.308. The van der Waals surface area contributed by atoms with Crippen molar-refractivity contribution < 1.29 is 9.84 Å². The zero-order valence-corrected chi connectivity index (χ0v) is 17.4. The van der Waals surface area contributed by atoms with E-state index in [2.05, 4.69) is 30.9 Å². The van der Waals surface area contributed by atoms with E-state index in [4.69, 9.17) is 4.74 Å². The van der Waals surface area contributed by atoms with Crippen LogP contribution in [0.15, 0.2) is 84.9 Å². The van der Waals surface area contributed by atoms with Gasteiger partial charge in [-0.2, -0.15) is 0 Å². The first-order valence-electron chi connectivity index (χ1n) is 10.4. The highest BCUT2D eigenvalue weighted by Gasteiger charge is 2.31. The average molecular weight is 390 g/mol. The molecule has 1 atom stereocenters. The molecule has 3 nitrogen and oxygen atoms in total. The summed E-state index contributed by atoms with van der Waals surface area (Å²) in [6.07, 6.45) is 0.514. The first-order valence-corrected chi connectivity index (χ1v) is 10.4. The largest absolute Gasteiger partial charge is 0.492 e. The molecule has 0 spiro atoms. The van der Waals surface area contributed by atoms with Crippen LogP contribution in [0.2, 0.25) is 0 Å². The summed E-state index contributed by atoms with van der Waals surface area (Å²) in [5.41, 5.74) is 1.75. The molecule has 1 N–H and O–H groups in total. The van der Waals surface area contributed by atoms with Crippen LogP contribution in [-0.4, -0.2) is 36.2 Å². The monoisotopic (exact) mass is 389 g/mol. The van der Waals surface area contributed by atoms with Gasteiger partial charge in [0.15, 0.2) is 0 Å². The fourth-order valence-electron chi connectivity index (χ4n) is 3.64. The molecule has 3 heteroatoms. The van der Waals surface area contributed by atoms with E-state index in [1.165, 1.54) is 0 Å². The lowest BCUT2D eigenvalue weighted by molar-refractivity contribution is 0.0810. The van der Waals surface area contributed by atoms with Crippen molar-refractivity contribution in [3.8, 4) is 5.75 Å². The molecule has 3 aromatic carbocycles. The molecular weight excluding hydrogens is 358 g/mol. The van der Waals surface area contributed by atoms with Crippen LogP contribution in [0.4, 0.5) is 0 Å². The van der Waals surface area contributed by atoms with Gasteiger partial charge in [0.2, 0.25) is 0 Å². The summed E-state index contributed by atoms with van der Waals surface area (Å²) in [6.45, 7) is 7.96. The highest BCUT2D eigenvalue weighted by molar-refractivity contribution is 5.40. The molecule has 0 unspecified atom stereocenters. The first-order chi connectivity index (χ1) is 14.2. The second-order valence-electron chi connectivity index (χ2n) is 7.29. The predicted molar refractivity (Wildman–Crippen MR) is 119 cm³/mol. The second kappa shape index (κ2) is 10.2. The Kier molecular flexibility index (Phi) is 7.45. The number of rotatable bonds is 10. The summed E-state index contributed by atoms with van der Waals surface area (Å²) < 4.78 is 5.91. The van der Waals surface area contributed by atoms with Gasteiger partial charge in [-0.25, -0.2) is 0 Å². The highest BCUT2D eigenvalue weighted by Crippen LogP contribution is 2.34. The van der Waals surface area contributed by atoms with E-state index in [-0.39, 0.29) is 0 Å². The van der Waals surface area contributed by atoms with Crippen molar-refractivity contribution in [3.05, 3.63) is 102 Å². The van der Waals surface area contributed by atoms with Gasteiger partial charge >= 0.3 is 0 Å². The van der Waals surface area contributed by atoms with E-state index in [0.717, 1.165) is 42.1 Å². The van der Waals surface area contributed by atoms with Gasteiger partial charge in [0.1, 0.15) is 18.0 Å². The average Bonchev–Trinajstić information content (AvgIpc) is 2.78. The Morgan fingerprint density at radius 3 is 1.90 bits per heavy atom. The lowest BCUT2D eigenvalue weighted by Crippen LogP contribution is -2.30. The summed E-state index contributed by atoms with van der Waals surface area (Å²) in [6, 6.07) is 27.9. The molecule has 0 fully saturated rings. The van der Waals surface area contributed by atoms with Crippen LogP contribution in [0, 0.1) is 0 Å². The van der Waals surface area contributed by atoms with Gasteiger partial charge in [0.05, 0.1) is 0 Å². The number of ether oxygens (including phenoxy) is 1. The van der Waals surface area contributed by atoms with Crippen molar-refractivity contribution in [2.24, 2.45) is 0 Å². The number of likely N-dealkylation sites (N-methyl/N-ethyl adjacent to an activating group) is 1. The van der Waals surface area contributed by atoms with Crippen LogP contribution >= 0.6 is 0 Å². The minimum absolute atomic E-state index is 0.514. The summed E-state index contributed by atoms with van der Waals surface area (Å²) in [5, 5.41) is 11.8. The molecule has 0 amide bonds. The van der Waals surface area contributed by atoms with Gasteiger partial charge in [-0.3, -0.25) is 0 Å². The number of hydrogen-bond acceptors (Lipinski definition) is 3. The molecule has 0 aliphatic rings. The second-order valence-corrected chi connectivity index (χ2v) is 7.29. The Bertz CT molecular complexity index is 845. The van der Waals surface area contributed by atoms with E-state index in [0.29, 0.717) is 13.0 Å². The van der Waals surface area contributed by atoms with Crippen LogP contribution in [0.3, 0.4) is 0 Å². The topological polar surface area (TPSA) is 32.7 Å². The maximum absolute atomic E-state index is 11.8. The van der Waals surface area contributed by atoms with Crippen LogP contribution < -0.4 is 4.74 Å². The van der Waals surface area contributed by atoms with Crippen molar-refractivity contribution in [1.29, 1.82) is 0 Å². The number of aliphatic hydroxyl groups is 1. The summed E-state index contributed by atoms with van der Waals surface area (Å²) in [5.74, 6) is 0.830. The zero-order valence-electron chi connectivity index (χ0n) is 17.4. The first kappa shape index (κ1) is 21.1. The summed E-state index contributed by atoms with van der Waals surface area (Å²) >= 11 is 0. The fourth-order valence-corrected chi connectivity index (χ4v) is 3.64. The molecule has 0 heterocycles. The quantitative estimate of drug-likeness (QED) is 0.536.